The van der Waals surface area contributed by atoms with E-state index < -0.39 is 19.7 Å². The van der Waals surface area contributed by atoms with Crippen LogP contribution < -0.4 is 9.47 Å². The maximum Gasteiger partial charge on any atom is 0.206 e. The number of ether oxygens (including phenoxy) is 2. The molecule has 0 bridgehead atoms. The van der Waals surface area contributed by atoms with E-state index in [0.29, 0.717) is 24.7 Å². The van der Waals surface area contributed by atoms with Crippen LogP contribution in [0, 0.1) is 0 Å². The Labute approximate surface area is 259 Å². The summed E-state index contributed by atoms with van der Waals surface area (Å²) >= 11 is 0. The number of phenols is 2. The van der Waals surface area contributed by atoms with Crippen LogP contribution in [-0.2, 0) is 19.7 Å². The smallest absolute Gasteiger partial charge is 0.206 e. The summed E-state index contributed by atoms with van der Waals surface area (Å²) in [4.78, 5) is 0.611. The minimum atomic E-state index is -3.64. The molecule has 8 nitrogen and oxygen atoms in total. The van der Waals surface area contributed by atoms with E-state index in [0.717, 1.165) is 51.4 Å². The van der Waals surface area contributed by atoms with Crippen molar-refractivity contribution in [1.82, 2.24) is 0 Å². The molecule has 0 saturated heterocycles. The minimum Gasteiger partial charge on any atom is -0.508 e. The van der Waals surface area contributed by atoms with Gasteiger partial charge in [0.25, 0.3) is 0 Å². The van der Waals surface area contributed by atoms with Crippen molar-refractivity contribution in [2.45, 2.75) is 70.9 Å². The van der Waals surface area contributed by atoms with Crippen LogP contribution in [0.4, 0.5) is 0 Å². The predicted molar refractivity (Wildman–Crippen MR) is 168 cm³/mol. The van der Waals surface area contributed by atoms with Gasteiger partial charge in [-0.15, -0.1) is 0 Å². The summed E-state index contributed by atoms with van der Waals surface area (Å²) in [7, 11) is -7.29. The van der Waals surface area contributed by atoms with Crippen LogP contribution in [0.25, 0.3) is 0 Å². The van der Waals surface area contributed by atoms with Gasteiger partial charge in [-0.25, -0.2) is 16.8 Å². The fraction of sp³-hybridized carbons (Fsp3) is 0.294. The van der Waals surface area contributed by atoms with Crippen LogP contribution in [-0.4, -0.2) is 40.3 Å². The molecule has 4 rings (SSSR count). The molecule has 0 atom stereocenters. The first-order chi connectivity index (χ1) is 21.2. The molecule has 0 aromatic heterocycles. The summed E-state index contributed by atoms with van der Waals surface area (Å²) in [5.41, 5.74) is 0. The van der Waals surface area contributed by atoms with E-state index in [1.165, 1.54) is 72.8 Å². The van der Waals surface area contributed by atoms with Crippen molar-refractivity contribution in [1.29, 1.82) is 0 Å². The Morgan fingerprint density at radius 2 is 0.636 bits per heavy atom. The van der Waals surface area contributed by atoms with Crippen molar-refractivity contribution in [2.75, 3.05) is 13.2 Å². The van der Waals surface area contributed by atoms with Crippen LogP contribution in [0.1, 0.15) is 51.4 Å². The lowest BCUT2D eigenvalue weighted by atomic mass is 10.1. The highest BCUT2D eigenvalue weighted by Gasteiger charge is 2.18. The van der Waals surface area contributed by atoms with Gasteiger partial charge in [0, 0.05) is 0 Å². The lowest BCUT2D eigenvalue weighted by molar-refractivity contribution is 0.301. The number of hydrogen-bond acceptors (Lipinski definition) is 8. The number of benzene rings is 4. The number of rotatable bonds is 17. The summed E-state index contributed by atoms with van der Waals surface area (Å²) in [5, 5.41) is 18.8. The summed E-state index contributed by atoms with van der Waals surface area (Å²) in [5.74, 6) is 1.29. The number of hydrogen-bond donors (Lipinski definition) is 2. The minimum absolute atomic E-state index is 0.0154. The van der Waals surface area contributed by atoms with Crippen molar-refractivity contribution < 1.29 is 36.5 Å². The molecule has 2 N–H and O–H groups in total. The average molecular weight is 639 g/mol. The Hall–Kier alpha value is -4.02. The zero-order chi connectivity index (χ0) is 31.4. The third-order valence-corrected chi connectivity index (χ3v) is 10.7. The van der Waals surface area contributed by atoms with Gasteiger partial charge < -0.3 is 19.7 Å². The second-order valence-corrected chi connectivity index (χ2v) is 14.4. The van der Waals surface area contributed by atoms with Crippen LogP contribution in [0.5, 0.6) is 23.0 Å². The maximum absolute atomic E-state index is 12.7. The van der Waals surface area contributed by atoms with E-state index in [4.69, 9.17) is 9.47 Å². The fourth-order valence-corrected chi connectivity index (χ4v) is 7.12. The van der Waals surface area contributed by atoms with E-state index >= 15 is 0 Å². The van der Waals surface area contributed by atoms with Crippen molar-refractivity contribution in [3.63, 3.8) is 0 Å². The first-order valence-corrected chi connectivity index (χ1v) is 17.7. The molecular formula is C34H38O8S2. The summed E-state index contributed by atoms with van der Waals surface area (Å²) < 4.78 is 62.4. The summed E-state index contributed by atoms with van der Waals surface area (Å²) in [6.07, 6.45) is 8.55. The Morgan fingerprint density at radius 1 is 0.386 bits per heavy atom. The van der Waals surface area contributed by atoms with E-state index in [1.807, 2.05) is 0 Å². The lowest BCUT2D eigenvalue weighted by Crippen LogP contribution is -2.02. The van der Waals surface area contributed by atoms with E-state index in [2.05, 4.69) is 0 Å². The Morgan fingerprint density at radius 3 is 0.932 bits per heavy atom. The SMILES string of the molecule is O=S(=O)(c1ccc(O)cc1)c1ccc(OCCCCCCCCCCOc2ccc(S(=O)(=O)c3ccc(O)cc3)cc2)cc1. The second kappa shape index (κ2) is 15.6. The van der Waals surface area contributed by atoms with Crippen LogP contribution in [0.3, 0.4) is 0 Å². The van der Waals surface area contributed by atoms with Crippen LogP contribution in [0.2, 0.25) is 0 Å². The molecule has 0 unspecified atom stereocenters. The van der Waals surface area contributed by atoms with Gasteiger partial charge in [-0.05, 0) is 110 Å². The first-order valence-electron chi connectivity index (χ1n) is 14.7. The van der Waals surface area contributed by atoms with E-state index in [9.17, 15) is 27.0 Å². The zero-order valence-corrected chi connectivity index (χ0v) is 26.1. The number of unbranched alkanes of at least 4 members (excludes halogenated alkanes) is 7. The topological polar surface area (TPSA) is 127 Å². The molecule has 0 amide bonds. The van der Waals surface area contributed by atoms with Gasteiger partial charge in [-0.3, -0.25) is 0 Å². The fourth-order valence-electron chi connectivity index (χ4n) is 4.60. The molecule has 44 heavy (non-hydrogen) atoms. The first kappa shape index (κ1) is 32.9. The molecule has 10 heteroatoms. The molecular weight excluding hydrogens is 601 g/mol. The highest BCUT2D eigenvalue weighted by Crippen LogP contribution is 2.26. The third kappa shape index (κ3) is 9.24. The second-order valence-electron chi connectivity index (χ2n) is 10.5. The largest absolute Gasteiger partial charge is 0.508 e. The molecule has 234 valence electrons. The van der Waals surface area contributed by atoms with E-state index in [-0.39, 0.29) is 31.1 Å². The molecule has 0 fully saturated rings. The standard InChI is InChI=1S/C34H38O8S2/c35-27-9-17-31(18-10-27)43(37,38)33-21-13-29(14-22-33)41-25-7-5-3-1-2-4-6-8-26-42-30-15-23-34(24-16-30)44(39,40)32-19-11-28(36)12-20-32/h9-24,35-36H,1-8,25-26H2. The quantitative estimate of drug-likeness (QED) is 0.115. The van der Waals surface area contributed by atoms with Gasteiger partial charge >= 0.3 is 0 Å². The number of sulfone groups is 2. The monoisotopic (exact) mass is 638 g/mol. The van der Waals surface area contributed by atoms with Gasteiger partial charge in [-0.1, -0.05) is 38.5 Å². The van der Waals surface area contributed by atoms with Gasteiger partial charge in [0.1, 0.15) is 23.0 Å². The molecule has 0 spiro atoms. The average Bonchev–Trinajstić information content (AvgIpc) is 3.02. The van der Waals surface area contributed by atoms with Gasteiger partial charge in [0.2, 0.25) is 19.7 Å². The molecule has 0 saturated carbocycles. The summed E-state index contributed by atoms with van der Waals surface area (Å²) in [6, 6.07) is 23.7. The lowest BCUT2D eigenvalue weighted by Gasteiger charge is -2.09. The number of aromatic hydroxyl groups is 2. The normalized spacial score (nSPS) is 11.7. The Bertz CT molecular complexity index is 1540. The van der Waals surface area contributed by atoms with Gasteiger partial charge in [0.05, 0.1) is 32.8 Å². The molecule has 0 radical (unpaired) electrons. The third-order valence-electron chi connectivity index (χ3n) is 7.14. The van der Waals surface area contributed by atoms with Crippen molar-refractivity contribution in [3.05, 3.63) is 97.1 Å². The van der Waals surface area contributed by atoms with Crippen LogP contribution in [0.15, 0.2) is 117 Å². The highest BCUT2D eigenvalue weighted by molar-refractivity contribution is 7.91. The van der Waals surface area contributed by atoms with Gasteiger partial charge in [-0.2, -0.15) is 0 Å². The molecule has 0 aliphatic heterocycles. The van der Waals surface area contributed by atoms with Gasteiger partial charge in [0.15, 0.2) is 0 Å². The van der Waals surface area contributed by atoms with Crippen molar-refractivity contribution in [2.24, 2.45) is 0 Å². The molecule has 4 aromatic carbocycles. The zero-order valence-electron chi connectivity index (χ0n) is 24.5. The molecule has 4 aromatic rings. The highest BCUT2D eigenvalue weighted by atomic mass is 32.2. The number of phenolic OH excluding ortho intramolecular Hbond substituents is 2. The predicted octanol–water partition coefficient (Wildman–Crippen LogP) is 7.34. The maximum atomic E-state index is 12.7. The molecule has 0 aliphatic carbocycles. The Balaban J connectivity index is 1.03. The van der Waals surface area contributed by atoms with Crippen molar-refractivity contribution >= 4 is 19.7 Å². The Kier molecular flexibility index (Phi) is 11.7. The van der Waals surface area contributed by atoms with Crippen LogP contribution >= 0.6 is 0 Å². The molecule has 0 aliphatic rings. The summed E-state index contributed by atoms with van der Waals surface area (Å²) in [6.45, 7) is 1.15. The van der Waals surface area contributed by atoms with E-state index in [1.54, 1.807) is 24.3 Å². The van der Waals surface area contributed by atoms with Crippen molar-refractivity contribution in [3.8, 4) is 23.0 Å². The molecule has 0 heterocycles.